The number of anilines is 4. The SMILES string of the molecule is CCN(c1ncc(Cl)c(NC2C3CCC(C3)C2C(N)=O)n1)c1cc2c(cc1OC)NC(=O)CCC2. The van der Waals surface area contributed by atoms with Gasteiger partial charge in [0, 0.05) is 30.8 Å². The Morgan fingerprint density at radius 2 is 2.11 bits per heavy atom. The lowest BCUT2D eigenvalue weighted by Gasteiger charge is -2.31. The van der Waals surface area contributed by atoms with Gasteiger partial charge in [0.05, 0.1) is 24.9 Å². The summed E-state index contributed by atoms with van der Waals surface area (Å²) in [6, 6.07) is 3.82. The number of ether oxygens (including phenoxy) is 1. The molecule has 2 amide bonds. The van der Waals surface area contributed by atoms with Crippen LogP contribution in [0.15, 0.2) is 18.3 Å². The molecule has 9 nitrogen and oxygen atoms in total. The Labute approximate surface area is 209 Å². The summed E-state index contributed by atoms with van der Waals surface area (Å²) >= 11 is 6.50. The van der Waals surface area contributed by atoms with Crippen LogP contribution >= 0.6 is 11.6 Å². The van der Waals surface area contributed by atoms with Gasteiger partial charge in [-0.1, -0.05) is 11.6 Å². The predicted octanol–water partition coefficient (Wildman–Crippen LogP) is 3.88. The third kappa shape index (κ3) is 4.37. The zero-order valence-electron chi connectivity index (χ0n) is 20.0. The highest BCUT2D eigenvalue weighted by atomic mass is 35.5. The van der Waals surface area contributed by atoms with E-state index in [2.05, 4.69) is 15.6 Å². The summed E-state index contributed by atoms with van der Waals surface area (Å²) in [7, 11) is 1.60. The standard InChI is InChI=1S/C25H31ClN6O3/c1-3-32(18-10-13-5-4-6-20(33)29-17(13)11-19(18)35-2)25-28-12-16(26)24(31-25)30-22-15-8-7-14(9-15)21(22)23(27)34/h10-12,14-15,21-22H,3-9H2,1-2H3,(H2,27,34)(H,29,33)(H,28,30,31). The molecule has 4 N–H and O–H groups in total. The third-order valence-corrected chi connectivity index (χ3v) is 7.93. The Hall–Kier alpha value is -3.07. The Kier molecular flexibility index (Phi) is 6.44. The topological polar surface area (TPSA) is 122 Å². The number of nitrogens with two attached hydrogens (primary N) is 1. The number of carbonyl (C=O) groups excluding carboxylic acids is 2. The van der Waals surface area contributed by atoms with Gasteiger partial charge in [0.1, 0.15) is 10.8 Å². The van der Waals surface area contributed by atoms with Crippen molar-refractivity contribution in [1.82, 2.24) is 9.97 Å². The number of halogens is 1. The smallest absolute Gasteiger partial charge is 0.232 e. The van der Waals surface area contributed by atoms with E-state index in [1.807, 2.05) is 24.0 Å². The first-order chi connectivity index (χ1) is 16.9. The number of rotatable bonds is 7. The fourth-order valence-electron chi connectivity index (χ4n) is 6.04. The van der Waals surface area contributed by atoms with E-state index in [9.17, 15) is 9.59 Å². The molecule has 0 radical (unpaired) electrons. The van der Waals surface area contributed by atoms with Gasteiger partial charge >= 0.3 is 0 Å². The lowest BCUT2D eigenvalue weighted by Crippen LogP contribution is -2.42. The van der Waals surface area contributed by atoms with Crippen molar-refractivity contribution in [2.24, 2.45) is 23.5 Å². The Balaban J connectivity index is 1.48. The summed E-state index contributed by atoms with van der Waals surface area (Å²) in [4.78, 5) is 35.5. The first-order valence-electron chi connectivity index (χ1n) is 12.3. The number of hydrogen-bond acceptors (Lipinski definition) is 7. The molecule has 1 aromatic carbocycles. The molecule has 2 aliphatic carbocycles. The molecule has 2 heterocycles. The number of carbonyl (C=O) groups is 2. The minimum atomic E-state index is -0.267. The maximum Gasteiger partial charge on any atom is 0.232 e. The van der Waals surface area contributed by atoms with Crippen LogP contribution in [0.25, 0.3) is 0 Å². The number of aromatic nitrogens is 2. The number of benzene rings is 1. The number of aryl methyl sites for hydroxylation is 1. The largest absolute Gasteiger partial charge is 0.494 e. The molecular formula is C25H31ClN6O3. The van der Waals surface area contributed by atoms with Gasteiger partial charge < -0.3 is 26.0 Å². The summed E-state index contributed by atoms with van der Waals surface area (Å²) in [5, 5.41) is 6.81. The number of nitrogens with zero attached hydrogens (tertiary/aromatic N) is 3. The molecule has 186 valence electrons. The van der Waals surface area contributed by atoms with Gasteiger partial charge in [-0.2, -0.15) is 4.98 Å². The van der Waals surface area contributed by atoms with Crippen LogP contribution in [0.5, 0.6) is 5.75 Å². The van der Waals surface area contributed by atoms with E-state index in [-0.39, 0.29) is 23.8 Å². The number of fused-ring (bicyclic) bond motifs is 3. The third-order valence-electron chi connectivity index (χ3n) is 7.66. The molecule has 4 atom stereocenters. The highest BCUT2D eigenvalue weighted by molar-refractivity contribution is 6.32. The lowest BCUT2D eigenvalue weighted by molar-refractivity contribution is -0.123. The summed E-state index contributed by atoms with van der Waals surface area (Å²) in [6.07, 6.45) is 6.77. The molecule has 2 bridgehead atoms. The maximum absolute atomic E-state index is 12.2. The second-order valence-corrected chi connectivity index (χ2v) is 10.0. The summed E-state index contributed by atoms with van der Waals surface area (Å²) in [5.74, 6) is 1.82. The number of primary amides is 1. The van der Waals surface area contributed by atoms with E-state index in [0.717, 1.165) is 49.0 Å². The zero-order chi connectivity index (χ0) is 24.7. The van der Waals surface area contributed by atoms with Gasteiger partial charge in [0.15, 0.2) is 5.82 Å². The molecule has 2 aromatic rings. The first kappa shape index (κ1) is 23.7. The van der Waals surface area contributed by atoms with Crippen LogP contribution in [0.1, 0.15) is 44.6 Å². The molecule has 10 heteroatoms. The highest BCUT2D eigenvalue weighted by Gasteiger charge is 2.50. The lowest BCUT2D eigenvalue weighted by atomic mass is 9.84. The fourth-order valence-corrected chi connectivity index (χ4v) is 6.18. The zero-order valence-corrected chi connectivity index (χ0v) is 20.8. The van der Waals surface area contributed by atoms with E-state index >= 15 is 0 Å². The van der Waals surface area contributed by atoms with Crippen molar-refractivity contribution in [3.05, 3.63) is 28.9 Å². The van der Waals surface area contributed by atoms with Crippen molar-refractivity contribution in [3.63, 3.8) is 0 Å². The van der Waals surface area contributed by atoms with Crippen molar-refractivity contribution in [2.75, 3.05) is 29.2 Å². The number of methoxy groups -OCH3 is 1. The van der Waals surface area contributed by atoms with Crippen molar-refractivity contribution in [3.8, 4) is 5.75 Å². The van der Waals surface area contributed by atoms with Crippen LogP contribution in [0, 0.1) is 17.8 Å². The molecular weight excluding hydrogens is 468 g/mol. The van der Waals surface area contributed by atoms with E-state index in [0.29, 0.717) is 47.3 Å². The molecule has 5 rings (SSSR count). The van der Waals surface area contributed by atoms with Gasteiger partial charge in [-0.05, 0) is 62.5 Å². The average Bonchev–Trinajstić information content (AvgIpc) is 3.39. The van der Waals surface area contributed by atoms with Crippen LogP contribution in [-0.2, 0) is 16.0 Å². The first-order valence-corrected chi connectivity index (χ1v) is 12.6. The fraction of sp³-hybridized carbons (Fsp3) is 0.520. The van der Waals surface area contributed by atoms with Gasteiger partial charge in [-0.25, -0.2) is 4.98 Å². The van der Waals surface area contributed by atoms with Crippen molar-refractivity contribution >= 4 is 46.6 Å². The molecule has 2 saturated carbocycles. The number of hydrogen-bond donors (Lipinski definition) is 3. The van der Waals surface area contributed by atoms with Crippen molar-refractivity contribution in [1.29, 1.82) is 0 Å². The van der Waals surface area contributed by atoms with Crippen LogP contribution < -0.4 is 26.0 Å². The van der Waals surface area contributed by atoms with E-state index in [1.165, 1.54) is 0 Å². The van der Waals surface area contributed by atoms with Crippen LogP contribution in [-0.4, -0.2) is 41.5 Å². The molecule has 2 fully saturated rings. The minimum absolute atomic E-state index is 0.0116. The van der Waals surface area contributed by atoms with Gasteiger partial charge in [0.25, 0.3) is 0 Å². The van der Waals surface area contributed by atoms with Gasteiger partial charge in [-0.15, -0.1) is 0 Å². The second-order valence-electron chi connectivity index (χ2n) is 9.63. The Morgan fingerprint density at radius 1 is 1.31 bits per heavy atom. The quantitative estimate of drug-likeness (QED) is 0.529. The summed E-state index contributed by atoms with van der Waals surface area (Å²) < 4.78 is 5.69. The molecule has 1 aliphatic heterocycles. The number of amides is 2. The molecule has 3 aliphatic rings. The normalized spacial score (nSPS) is 24.9. The van der Waals surface area contributed by atoms with Crippen LogP contribution in [0.4, 0.5) is 23.1 Å². The molecule has 4 unspecified atom stereocenters. The monoisotopic (exact) mass is 498 g/mol. The van der Waals surface area contributed by atoms with E-state index < -0.39 is 0 Å². The van der Waals surface area contributed by atoms with E-state index in [1.54, 1.807) is 13.3 Å². The van der Waals surface area contributed by atoms with Gasteiger partial charge in [0.2, 0.25) is 17.8 Å². The van der Waals surface area contributed by atoms with Crippen molar-refractivity contribution < 1.29 is 14.3 Å². The molecule has 0 saturated heterocycles. The highest BCUT2D eigenvalue weighted by Crippen LogP contribution is 2.49. The maximum atomic E-state index is 12.2. The van der Waals surface area contributed by atoms with E-state index in [4.69, 9.17) is 27.1 Å². The Morgan fingerprint density at radius 3 is 2.86 bits per heavy atom. The summed E-state index contributed by atoms with van der Waals surface area (Å²) in [5.41, 5.74) is 8.39. The predicted molar refractivity (Wildman–Crippen MR) is 135 cm³/mol. The average molecular weight is 499 g/mol. The molecule has 1 aromatic heterocycles. The molecule has 35 heavy (non-hydrogen) atoms. The second kappa shape index (κ2) is 9.53. The van der Waals surface area contributed by atoms with Gasteiger partial charge in [-0.3, -0.25) is 9.59 Å². The van der Waals surface area contributed by atoms with Crippen molar-refractivity contribution in [2.45, 2.75) is 51.5 Å². The molecule has 0 spiro atoms. The van der Waals surface area contributed by atoms with Crippen LogP contribution in [0.3, 0.4) is 0 Å². The Bertz CT molecular complexity index is 1160. The number of nitrogens with one attached hydrogen (secondary N) is 2. The summed E-state index contributed by atoms with van der Waals surface area (Å²) in [6.45, 7) is 2.59. The minimum Gasteiger partial charge on any atom is -0.494 e. The van der Waals surface area contributed by atoms with Crippen LogP contribution in [0.2, 0.25) is 5.02 Å².